The zero-order valence-corrected chi connectivity index (χ0v) is 18.8. The summed E-state index contributed by atoms with van der Waals surface area (Å²) >= 11 is 0. The molecule has 1 aromatic heterocycles. The van der Waals surface area contributed by atoms with Crippen LogP contribution in [0.1, 0.15) is 38.9 Å². The van der Waals surface area contributed by atoms with Crippen LogP contribution in [0.2, 0.25) is 0 Å². The monoisotopic (exact) mass is 453 g/mol. The van der Waals surface area contributed by atoms with E-state index in [2.05, 4.69) is 0 Å². The summed E-state index contributed by atoms with van der Waals surface area (Å²) < 4.78 is 32.4. The maximum absolute atomic E-state index is 14.1. The van der Waals surface area contributed by atoms with E-state index in [0.29, 0.717) is 46.8 Å². The summed E-state index contributed by atoms with van der Waals surface area (Å²) in [5.41, 5.74) is 4.01. The third-order valence-electron chi connectivity index (χ3n) is 5.96. The second-order valence-corrected chi connectivity index (χ2v) is 7.67. The molecule has 0 atom stereocenters. The Bertz CT molecular complexity index is 1280. The van der Waals surface area contributed by atoms with Gasteiger partial charge >= 0.3 is 11.9 Å². The van der Waals surface area contributed by atoms with Crippen LogP contribution < -0.4 is 9.47 Å². The van der Waals surface area contributed by atoms with Crippen molar-refractivity contribution in [1.29, 1.82) is 0 Å². The highest BCUT2D eigenvalue weighted by Gasteiger charge is 2.32. The van der Waals surface area contributed by atoms with Gasteiger partial charge in [-0.2, -0.15) is 0 Å². The van der Waals surface area contributed by atoms with Crippen LogP contribution in [0.25, 0.3) is 22.4 Å². The van der Waals surface area contributed by atoms with Crippen LogP contribution in [0, 0.1) is 12.7 Å². The maximum Gasteiger partial charge on any atom is 0.340 e. The largest absolute Gasteiger partial charge is 0.493 e. The highest BCUT2D eigenvalue weighted by Crippen LogP contribution is 2.45. The Kier molecular flexibility index (Phi) is 5.84. The Morgan fingerprint density at radius 1 is 1.12 bits per heavy atom. The number of methoxy groups -OCH3 is 2. The molecule has 0 unspecified atom stereocenters. The number of hydrogen-bond acceptors (Lipinski definition) is 5. The van der Waals surface area contributed by atoms with E-state index in [1.807, 2.05) is 23.6 Å². The molecule has 1 aliphatic rings. The van der Waals surface area contributed by atoms with Gasteiger partial charge in [0.15, 0.2) is 11.5 Å². The minimum atomic E-state index is -1.38. The highest BCUT2D eigenvalue weighted by atomic mass is 19.1. The van der Waals surface area contributed by atoms with Crippen molar-refractivity contribution in [3.05, 3.63) is 58.5 Å². The predicted molar refractivity (Wildman–Crippen MR) is 120 cm³/mol. The number of fused-ring (bicyclic) bond motifs is 3. The number of nitrogens with zero attached hydrogens (tertiary/aromatic N) is 1. The average molecular weight is 453 g/mol. The van der Waals surface area contributed by atoms with Crippen molar-refractivity contribution >= 4 is 11.9 Å². The summed E-state index contributed by atoms with van der Waals surface area (Å²) in [7, 11) is 3.11. The molecular weight excluding hydrogens is 429 g/mol. The third-order valence-corrected chi connectivity index (χ3v) is 5.96. The molecule has 0 saturated heterocycles. The van der Waals surface area contributed by atoms with Gasteiger partial charge in [0, 0.05) is 23.4 Å². The minimum Gasteiger partial charge on any atom is -0.493 e. The zero-order chi connectivity index (χ0) is 23.9. The fraction of sp³-hybridized carbons (Fsp3) is 0.280. The summed E-state index contributed by atoms with van der Waals surface area (Å²) in [5.74, 6) is -1.64. The molecule has 2 aromatic carbocycles. The summed E-state index contributed by atoms with van der Waals surface area (Å²) in [4.78, 5) is 24.8. The number of carboxylic acids is 1. The van der Waals surface area contributed by atoms with E-state index in [1.54, 1.807) is 21.1 Å². The SMILES string of the molecule is CCOC(=O)c1c(-c2ccc(F)c(C(=O)O)c2)c(C)n2c1-c1cc(OC)c(OC)cc1CC2. The summed E-state index contributed by atoms with van der Waals surface area (Å²) in [6.45, 7) is 4.35. The maximum atomic E-state index is 14.1. The topological polar surface area (TPSA) is 87.0 Å². The first-order valence-corrected chi connectivity index (χ1v) is 10.5. The van der Waals surface area contributed by atoms with Crippen molar-refractivity contribution in [1.82, 2.24) is 4.57 Å². The Morgan fingerprint density at radius 3 is 2.45 bits per heavy atom. The Morgan fingerprint density at radius 2 is 1.82 bits per heavy atom. The first-order valence-electron chi connectivity index (χ1n) is 10.5. The lowest BCUT2D eigenvalue weighted by Crippen LogP contribution is -2.15. The van der Waals surface area contributed by atoms with Gasteiger partial charge in [-0.15, -0.1) is 0 Å². The van der Waals surface area contributed by atoms with Gasteiger partial charge in [0.1, 0.15) is 5.82 Å². The molecular formula is C25H24FNO6. The van der Waals surface area contributed by atoms with Crippen LogP contribution in [0.4, 0.5) is 4.39 Å². The van der Waals surface area contributed by atoms with Gasteiger partial charge in [-0.3, -0.25) is 0 Å². The summed E-state index contributed by atoms with van der Waals surface area (Å²) in [6.07, 6.45) is 0.698. The van der Waals surface area contributed by atoms with Crippen molar-refractivity contribution in [2.24, 2.45) is 0 Å². The molecule has 1 N–H and O–H groups in total. The molecule has 172 valence electrons. The first-order chi connectivity index (χ1) is 15.8. The number of hydrogen-bond donors (Lipinski definition) is 1. The van der Waals surface area contributed by atoms with Crippen LogP contribution in [0.3, 0.4) is 0 Å². The number of carbonyl (C=O) groups excluding carboxylic acids is 1. The molecule has 1 aliphatic heterocycles. The zero-order valence-electron chi connectivity index (χ0n) is 18.8. The molecule has 0 bridgehead atoms. The number of carbonyl (C=O) groups is 2. The second-order valence-electron chi connectivity index (χ2n) is 7.67. The number of halogens is 1. The van der Waals surface area contributed by atoms with Crippen LogP contribution >= 0.6 is 0 Å². The molecule has 0 amide bonds. The van der Waals surface area contributed by atoms with Gasteiger partial charge in [0.25, 0.3) is 0 Å². The molecule has 2 heterocycles. The molecule has 0 spiro atoms. The molecule has 3 aromatic rings. The number of ether oxygens (including phenoxy) is 3. The van der Waals surface area contributed by atoms with E-state index in [4.69, 9.17) is 14.2 Å². The molecule has 7 nitrogen and oxygen atoms in total. The van der Waals surface area contributed by atoms with E-state index in [9.17, 15) is 19.1 Å². The molecule has 4 rings (SSSR count). The molecule has 0 saturated carbocycles. The smallest absolute Gasteiger partial charge is 0.340 e. The van der Waals surface area contributed by atoms with Crippen LogP contribution in [-0.2, 0) is 17.7 Å². The van der Waals surface area contributed by atoms with Crippen LogP contribution in [-0.4, -0.2) is 42.4 Å². The number of esters is 1. The summed E-state index contributed by atoms with van der Waals surface area (Å²) in [6, 6.07) is 7.57. The van der Waals surface area contributed by atoms with E-state index in [0.717, 1.165) is 22.9 Å². The van der Waals surface area contributed by atoms with Crippen LogP contribution in [0.15, 0.2) is 30.3 Å². The van der Waals surface area contributed by atoms with Gasteiger partial charge in [-0.25, -0.2) is 14.0 Å². The average Bonchev–Trinajstić information content (AvgIpc) is 3.11. The number of rotatable bonds is 6. The normalized spacial score (nSPS) is 12.0. The van der Waals surface area contributed by atoms with Gasteiger partial charge in [0.05, 0.1) is 37.6 Å². The number of carboxylic acid groups (broad SMARTS) is 1. The second kappa shape index (κ2) is 8.61. The Hall–Kier alpha value is -3.81. The van der Waals surface area contributed by atoms with Crippen molar-refractivity contribution in [3.63, 3.8) is 0 Å². The molecule has 8 heteroatoms. The third kappa shape index (κ3) is 3.61. The van der Waals surface area contributed by atoms with Crippen molar-refractivity contribution < 1.29 is 33.3 Å². The summed E-state index contributed by atoms with van der Waals surface area (Å²) in [5, 5.41) is 9.41. The van der Waals surface area contributed by atoms with Gasteiger partial charge in [-0.05, 0) is 55.7 Å². The number of aromatic nitrogens is 1. The fourth-order valence-electron chi connectivity index (χ4n) is 4.48. The lowest BCUT2D eigenvalue weighted by Gasteiger charge is -2.23. The number of benzene rings is 2. The van der Waals surface area contributed by atoms with E-state index in [1.165, 1.54) is 12.1 Å². The standard InChI is InChI=1S/C25H24FNO6/c1-5-33-25(30)22-21(15-6-7-18(26)17(10-15)24(28)29)13(2)27-9-8-14-11-19(31-3)20(32-4)12-16(14)23(22)27/h6-7,10-12H,5,8-9H2,1-4H3,(H,28,29). The highest BCUT2D eigenvalue weighted by molar-refractivity contribution is 6.06. The molecule has 0 aliphatic carbocycles. The first kappa shape index (κ1) is 22.4. The Balaban J connectivity index is 2.05. The van der Waals surface area contributed by atoms with Crippen LogP contribution in [0.5, 0.6) is 11.5 Å². The molecule has 0 fully saturated rings. The van der Waals surface area contributed by atoms with E-state index >= 15 is 0 Å². The predicted octanol–water partition coefficient (Wildman–Crippen LogP) is 4.72. The van der Waals surface area contributed by atoms with E-state index < -0.39 is 23.3 Å². The number of aromatic carboxylic acids is 1. The lowest BCUT2D eigenvalue weighted by molar-refractivity contribution is 0.0527. The van der Waals surface area contributed by atoms with Crippen molar-refractivity contribution in [2.75, 3.05) is 20.8 Å². The quantitative estimate of drug-likeness (QED) is 0.544. The lowest BCUT2D eigenvalue weighted by atomic mass is 9.93. The van der Waals surface area contributed by atoms with Crippen molar-refractivity contribution in [3.8, 4) is 33.9 Å². The molecule has 0 radical (unpaired) electrons. The van der Waals surface area contributed by atoms with Gasteiger partial charge in [0.2, 0.25) is 0 Å². The minimum absolute atomic E-state index is 0.171. The fourth-order valence-corrected chi connectivity index (χ4v) is 4.48. The van der Waals surface area contributed by atoms with E-state index in [-0.39, 0.29) is 6.61 Å². The number of aryl methyl sites for hydroxylation is 1. The van der Waals surface area contributed by atoms with Gasteiger partial charge < -0.3 is 23.9 Å². The van der Waals surface area contributed by atoms with Crippen molar-refractivity contribution in [2.45, 2.75) is 26.8 Å². The van der Waals surface area contributed by atoms with Gasteiger partial charge in [-0.1, -0.05) is 6.07 Å². The Labute approximate surface area is 190 Å². The molecule has 33 heavy (non-hydrogen) atoms.